The molecule has 0 N–H and O–H groups in total. The van der Waals surface area contributed by atoms with E-state index in [0.29, 0.717) is 11.8 Å². The molecule has 0 radical (unpaired) electrons. The summed E-state index contributed by atoms with van der Waals surface area (Å²) < 4.78 is 8.99. The van der Waals surface area contributed by atoms with E-state index in [2.05, 4.69) is 95.6 Å². The maximum absolute atomic E-state index is 6.66. The van der Waals surface area contributed by atoms with Crippen molar-refractivity contribution in [2.45, 2.75) is 54.4 Å². The number of hydrogen-bond donors (Lipinski definition) is 0. The van der Waals surface area contributed by atoms with Gasteiger partial charge in [-0.25, -0.2) is 0 Å². The Morgan fingerprint density at radius 1 is 0.781 bits per heavy atom. The molecule has 5 rings (SSSR count). The largest absolute Gasteiger partial charge is 0.450 e. The van der Waals surface area contributed by atoms with Crippen molar-refractivity contribution < 1.29 is 9.30 Å². The van der Waals surface area contributed by atoms with Gasteiger partial charge in [-0.3, -0.25) is 0 Å². The molecule has 0 saturated heterocycles. The highest BCUT2D eigenvalue weighted by atomic mass is 16.5. The Kier molecular flexibility index (Phi) is 5.00. The van der Waals surface area contributed by atoms with Crippen LogP contribution in [0.1, 0.15) is 49.9 Å². The predicted octanol–water partition coefficient (Wildman–Crippen LogP) is 7.60. The van der Waals surface area contributed by atoms with Crippen LogP contribution in [0.15, 0.2) is 42.5 Å². The van der Waals surface area contributed by atoms with Gasteiger partial charge in [0.1, 0.15) is 12.8 Å². The van der Waals surface area contributed by atoms with Gasteiger partial charge in [0, 0.05) is 17.5 Å². The van der Waals surface area contributed by atoms with Crippen LogP contribution in [0.25, 0.3) is 32.9 Å². The minimum Gasteiger partial charge on any atom is -0.450 e. The maximum atomic E-state index is 6.66. The summed E-state index contributed by atoms with van der Waals surface area (Å²) >= 11 is 0. The lowest BCUT2D eigenvalue weighted by Gasteiger charge is -2.23. The van der Waals surface area contributed by atoms with Crippen molar-refractivity contribution in [3.63, 3.8) is 0 Å². The summed E-state index contributed by atoms with van der Waals surface area (Å²) in [5, 5.41) is 3.78. The minimum atomic E-state index is 0.614. The van der Waals surface area contributed by atoms with Crippen molar-refractivity contribution in [3.05, 3.63) is 64.7 Å². The van der Waals surface area contributed by atoms with E-state index in [1.807, 2.05) is 0 Å². The van der Waals surface area contributed by atoms with Crippen LogP contribution >= 0.6 is 0 Å². The molecule has 32 heavy (non-hydrogen) atoms. The van der Waals surface area contributed by atoms with Gasteiger partial charge in [-0.05, 0) is 78.3 Å². The number of benzene rings is 3. The van der Waals surface area contributed by atoms with E-state index < -0.39 is 0 Å². The van der Waals surface area contributed by atoms with Gasteiger partial charge in [-0.1, -0.05) is 45.9 Å². The lowest BCUT2D eigenvalue weighted by Crippen LogP contribution is -2.33. The van der Waals surface area contributed by atoms with Gasteiger partial charge < -0.3 is 4.74 Å². The zero-order chi connectivity index (χ0) is 22.7. The highest BCUT2D eigenvalue weighted by molar-refractivity contribution is 6.05. The van der Waals surface area contributed by atoms with Crippen LogP contribution in [0.5, 0.6) is 11.5 Å². The summed E-state index contributed by atoms with van der Waals surface area (Å²) in [6, 6.07) is 16.1. The first-order valence-electron chi connectivity index (χ1n) is 11.9. The Hall–Kier alpha value is -2.87. The average Bonchev–Trinajstić information content (AvgIpc) is 2.70. The number of pyridine rings is 1. The molecule has 1 aliphatic heterocycles. The van der Waals surface area contributed by atoms with E-state index in [4.69, 9.17) is 4.74 Å². The summed E-state index contributed by atoms with van der Waals surface area (Å²) in [5.41, 5.74) is 9.16. The molecule has 0 unspecified atom stereocenters. The lowest BCUT2D eigenvalue weighted by molar-refractivity contribution is -0.633. The van der Waals surface area contributed by atoms with Gasteiger partial charge in [0.15, 0.2) is 5.75 Å². The number of hydrogen-bond acceptors (Lipinski definition) is 1. The molecule has 0 spiro atoms. The molecule has 2 nitrogen and oxygen atoms in total. The number of aromatic nitrogens is 1. The number of aryl methyl sites for hydroxylation is 2. The number of ether oxygens (including phenoxy) is 1. The van der Waals surface area contributed by atoms with E-state index in [9.17, 15) is 0 Å². The molecule has 0 aliphatic carbocycles. The molecule has 0 bridgehead atoms. The predicted molar refractivity (Wildman–Crippen MR) is 135 cm³/mol. The molecule has 2 heteroatoms. The fourth-order valence-corrected chi connectivity index (χ4v) is 5.38. The molecule has 4 aromatic rings. The molecule has 0 amide bonds. The molecule has 0 atom stereocenters. The van der Waals surface area contributed by atoms with Crippen LogP contribution in [0.3, 0.4) is 0 Å². The second-order valence-electron chi connectivity index (χ2n) is 10.5. The minimum absolute atomic E-state index is 0.614. The first kappa shape index (κ1) is 21.0. The summed E-state index contributed by atoms with van der Waals surface area (Å²) in [6.45, 7) is 13.6. The van der Waals surface area contributed by atoms with E-state index in [1.54, 1.807) is 0 Å². The van der Waals surface area contributed by atoms with Crippen molar-refractivity contribution in [2.24, 2.45) is 18.9 Å². The first-order valence-corrected chi connectivity index (χ1v) is 11.9. The van der Waals surface area contributed by atoms with Crippen molar-refractivity contribution in [1.29, 1.82) is 0 Å². The molecular weight excluding hydrogens is 390 g/mol. The van der Waals surface area contributed by atoms with Gasteiger partial charge in [0.25, 0.3) is 5.69 Å². The van der Waals surface area contributed by atoms with Crippen LogP contribution in [0.4, 0.5) is 0 Å². The second-order valence-corrected chi connectivity index (χ2v) is 10.5. The molecule has 1 aromatic heterocycles. The summed E-state index contributed by atoms with van der Waals surface area (Å²) in [6.07, 6.45) is 2.15. The summed E-state index contributed by atoms with van der Waals surface area (Å²) in [5.74, 6) is 3.22. The fraction of sp³-hybridized carbons (Fsp3) is 0.367. The maximum Gasteiger partial charge on any atom is 0.256 e. The van der Waals surface area contributed by atoms with Crippen LogP contribution in [-0.2, 0) is 19.9 Å². The Bertz CT molecular complexity index is 1380. The van der Waals surface area contributed by atoms with Gasteiger partial charge in [0.2, 0.25) is 5.52 Å². The van der Waals surface area contributed by atoms with Crippen molar-refractivity contribution >= 4 is 21.7 Å². The lowest BCUT2D eigenvalue weighted by atomic mass is 9.88. The van der Waals surface area contributed by atoms with E-state index in [1.165, 1.54) is 55.2 Å². The molecule has 0 fully saturated rings. The van der Waals surface area contributed by atoms with Gasteiger partial charge in [-0.15, -0.1) is 0 Å². The molecular formula is C30H34NO+. The molecule has 3 aromatic carbocycles. The molecule has 2 heterocycles. The molecule has 164 valence electrons. The van der Waals surface area contributed by atoms with Gasteiger partial charge >= 0.3 is 0 Å². The third-order valence-corrected chi connectivity index (χ3v) is 6.83. The van der Waals surface area contributed by atoms with Crippen LogP contribution in [0, 0.1) is 25.7 Å². The smallest absolute Gasteiger partial charge is 0.256 e. The van der Waals surface area contributed by atoms with Crippen molar-refractivity contribution in [2.75, 3.05) is 0 Å². The molecule has 1 aliphatic rings. The Morgan fingerprint density at radius 2 is 1.47 bits per heavy atom. The first-order chi connectivity index (χ1) is 15.2. The van der Waals surface area contributed by atoms with Gasteiger partial charge in [0.05, 0.1) is 10.9 Å². The molecule has 0 saturated carbocycles. The van der Waals surface area contributed by atoms with Crippen LogP contribution in [-0.4, -0.2) is 0 Å². The van der Waals surface area contributed by atoms with Crippen LogP contribution in [0.2, 0.25) is 0 Å². The van der Waals surface area contributed by atoms with Crippen molar-refractivity contribution in [1.82, 2.24) is 0 Å². The van der Waals surface area contributed by atoms with E-state index >= 15 is 0 Å². The number of nitrogens with zero attached hydrogens (tertiary/aromatic N) is 1. The number of rotatable bonds is 4. The highest BCUT2D eigenvalue weighted by Gasteiger charge is 2.31. The van der Waals surface area contributed by atoms with Crippen molar-refractivity contribution in [3.8, 4) is 22.8 Å². The fourth-order valence-electron chi connectivity index (χ4n) is 5.38. The van der Waals surface area contributed by atoms with E-state index in [0.717, 1.165) is 24.3 Å². The standard InChI is InChI=1S/C30H34NO/c1-17(2)10-21-8-9-25-23(13-21)16-27-30(31(25)7)28-20(6)19(5)12-24-14-22(11-18(3)4)15-26(32-27)29(24)28/h8-9,12-18H,10-11H2,1-7H3/q+1. The monoisotopic (exact) mass is 424 g/mol. The Morgan fingerprint density at radius 3 is 2.19 bits per heavy atom. The number of fused-ring (bicyclic) bond motifs is 3. The SMILES string of the molecule is Cc1cc2cc(CC(C)C)cc3c2c(c1C)-c1c(cc2cc(CC(C)C)ccc2[n+]1C)O3. The van der Waals surface area contributed by atoms with Gasteiger partial charge in [-0.2, -0.15) is 4.57 Å². The quantitative estimate of drug-likeness (QED) is 0.271. The zero-order valence-corrected chi connectivity index (χ0v) is 20.5. The topological polar surface area (TPSA) is 13.1 Å². The second kappa shape index (κ2) is 7.62. The highest BCUT2D eigenvalue weighted by Crippen LogP contribution is 2.48. The van der Waals surface area contributed by atoms with E-state index in [-0.39, 0.29) is 0 Å². The Balaban J connectivity index is 1.80. The Labute approximate surface area is 191 Å². The normalized spacial score (nSPS) is 12.7. The van der Waals surface area contributed by atoms with Crippen LogP contribution < -0.4 is 9.30 Å². The third-order valence-electron chi connectivity index (χ3n) is 6.83. The summed E-state index contributed by atoms with van der Waals surface area (Å²) in [7, 11) is 2.18. The average molecular weight is 425 g/mol. The third kappa shape index (κ3) is 3.37. The summed E-state index contributed by atoms with van der Waals surface area (Å²) in [4.78, 5) is 0. The zero-order valence-electron chi connectivity index (χ0n) is 20.5.